The van der Waals surface area contributed by atoms with Gasteiger partial charge in [-0.2, -0.15) is 0 Å². The van der Waals surface area contributed by atoms with E-state index in [4.69, 9.17) is 0 Å². The monoisotopic (exact) mass is 310 g/mol. The van der Waals surface area contributed by atoms with Crippen molar-refractivity contribution in [3.05, 3.63) is 59.9 Å². The van der Waals surface area contributed by atoms with Crippen LogP contribution in [0.1, 0.15) is 18.1 Å². The third-order valence-electron chi connectivity index (χ3n) is 3.52. The zero-order valence-corrected chi connectivity index (χ0v) is 14.0. The van der Waals surface area contributed by atoms with Crippen LogP contribution in [0.2, 0.25) is 0 Å². The number of benzene rings is 1. The Kier molecular flexibility index (Phi) is 5.66. The van der Waals surface area contributed by atoms with Gasteiger partial charge in [0.05, 0.1) is 7.11 Å². The predicted octanol–water partition coefficient (Wildman–Crippen LogP) is 3.39. The van der Waals surface area contributed by atoms with E-state index in [0.717, 1.165) is 28.8 Å². The Morgan fingerprint density at radius 3 is 2.48 bits per heavy atom. The third kappa shape index (κ3) is 4.76. The number of ether oxygens (including phenoxy) is 1. The molecule has 0 saturated carbocycles. The lowest BCUT2D eigenvalue weighted by molar-refractivity contribution is -0.134. The highest BCUT2D eigenvalue weighted by Gasteiger charge is 2.04. The largest absolute Gasteiger partial charge is 0.466 e. The van der Waals surface area contributed by atoms with E-state index in [1.165, 1.54) is 18.7 Å². The van der Waals surface area contributed by atoms with Gasteiger partial charge in [-0.15, -0.1) is 0 Å². The Labute approximate surface area is 137 Å². The maximum atomic E-state index is 11.4. The lowest BCUT2D eigenvalue weighted by Crippen LogP contribution is -2.10. The second kappa shape index (κ2) is 7.70. The number of carbonyl (C=O) groups is 1. The summed E-state index contributed by atoms with van der Waals surface area (Å²) in [7, 11) is 5.48. The average molecular weight is 310 g/mol. The number of carbonyl (C=O) groups excluding carboxylic acids is 1. The highest BCUT2D eigenvalue weighted by Crippen LogP contribution is 2.23. The summed E-state index contributed by atoms with van der Waals surface area (Å²) in [5.41, 5.74) is 5.13. The summed E-state index contributed by atoms with van der Waals surface area (Å²) in [5, 5.41) is 0. The first kappa shape index (κ1) is 16.9. The molecule has 2 aromatic rings. The number of methoxy groups -OCH3 is 1. The van der Waals surface area contributed by atoms with Crippen LogP contribution in [-0.2, 0) is 16.1 Å². The number of rotatable bonds is 5. The molecule has 1 aromatic carbocycles. The molecule has 0 fully saturated rings. The predicted molar refractivity (Wildman–Crippen MR) is 92.7 cm³/mol. The number of hydrogen-bond acceptors (Lipinski definition) is 4. The number of aromatic nitrogens is 1. The van der Waals surface area contributed by atoms with Crippen molar-refractivity contribution >= 4 is 11.5 Å². The number of hydrogen-bond donors (Lipinski definition) is 0. The third-order valence-corrected chi connectivity index (χ3v) is 3.52. The number of allylic oxidation sites excluding steroid dienone is 1. The fraction of sp³-hybridized carbons (Fsp3) is 0.263. The maximum Gasteiger partial charge on any atom is 0.330 e. The topological polar surface area (TPSA) is 42.4 Å². The van der Waals surface area contributed by atoms with E-state index >= 15 is 0 Å². The van der Waals surface area contributed by atoms with E-state index in [2.05, 4.69) is 53.0 Å². The summed E-state index contributed by atoms with van der Waals surface area (Å²) < 4.78 is 4.66. The summed E-state index contributed by atoms with van der Waals surface area (Å²) in [4.78, 5) is 17.8. The van der Waals surface area contributed by atoms with Crippen molar-refractivity contribution in [1.82, 2.24) is 9.88 Å². The van der Waals surface area contributed by atoms with E-state index in [1.54, 1.807) is 6.20 Å². The van der Waals surface area contributed by atoms with Crippen LogP contribution >= 0.6 is 0 Å². The van der Waals surface area contributed by atoms with Gasteiger partial charge in [-0.1, -0.05) is 24.3 Å². The number of esters is 1. The SMILES string of the molecule is COC(=O)/C=C(\C)c1cncc(-c2ccc(CN(C)C)cc2)c1. The lowest BCUT2D eigenvalue weighted by atomic mass is 10.0. The molecule has 0 atom stereocenters. The minimum absolute atomic E-state index is 0.360. The van der Waals surface area contributed by atoms with E-state index in [9.17, 15) is 4.79 Å². The van der Waals surface area contributed by atoms with Crippen LogP contribution < -0.4 is 0 Å². The molecule has 0 saturated heterocycles. The van der Waals surface area contributed by atoms with E-state index < -0.39 is 0 Å². The van der Waals surface area contributed by atoms with Gasteiger partial charge in [0.1, 0.15) is 0 Å². The number of nitrogens with zero attached hydrogens (tertiary/aromatic N) is 2. The first-order chi connectivity index (χ1) is 11.0. The Bertz CT molecular complexity index is 704. The van der Waals surface area contributed by atoms with Crippen LogP contribution in [0.25, 0.3) is 16.7 Å². The molecule has 0 radical (unpaired) electrons. The van der Waals surface area contributed by atoms with Crippen molar-refractivity contribution in [3.63, 3.8) is 0 Å². The maximum absolute atomic E-state index is 11.4. The molecule has 0 bridgehead atoms. The molecule has 0 aliphatic carbocycles. The fourth-order valence-corrected chi connectivity index (χ4v) is 2.30. The van der Waals surface area contributed by atoms with Gasteiger partial charge in [0.15, 0.2) is 0 Å². The molecular weight excluding hydrogens is 288 g/mol. The summed E-state index contributed by atoms with van der Waals surface area (Å²) in [6, 6.07) is 10.5. The molecule has 0 aliphatic heterocycles. The second-order valence-electron chi connectivity index (χ2n) is 5.75. The molecule has 120 valence electrons. The minimum Gasteiger partial charge on any atom is -0.466 e. The van der Waals surface area contributed by atoms with Crippen molar-refractivity contribution in [2.24, 2.45) is 0 Å². The van der Waals surface area contributed by atoms with Gasteiger partial charge in [-0.05, 0) is 49.3 Å². The molecule has 4 nitrogen and oxygen atoms in total. The molecule has 0 aliphatic rings. The minimum atomic E-state index is -0.360. The quantitative estimate of drug-likeness (QED) is 0.627. The van der Waals surface area contributed by atoms with Gasteiger partial charge >= 0.3 is 5.97 Å². The van der Waals surface area contributed by atoms with Gasteiger partial charge in [0.2, 0.25) is 0 Å². The molecule has 1 aromatic heterocycles. The van der Waals surface area contributed by atoms with Crippen LogP contribution in [0.15, 0.2) is 48.8 Å². The zero-order chi connectivity index (χ0) is 16.8. The molecule has 0 unspecified atom stereocenters. The Balaban J connectivity index is 2.26. The van der Waals surface area contributed by atoms with Gasteiger partial charge in [0.25, 0.3) is 0 Å². The van der Waals surface area contributed by atoms with Crippen molar-refractivity contribution in [2.75, 3.05) is 21.2 Å². The normalized spacial score (nSPS) is 11.6. The zero-order valence-electron chi connectivity index (χ0n) is 14.0. The molecule has 0 spiro atoms. The van der Waals surface area contributed by atoms with Gasteiger partial charge in [0, 0.05) is 30.6 Å². The van der Waals surface area contributed by atoms with E-state index in [-0.39, 0.29) is 5.97 Å². The lowest BCUT2D eigenvalue weighted by Gasteiger charge is -2.10. The first-order valence-corrected chi connectivity index (χ1v) is 7.45. The Hall–Kier alpha value is -2.46. The van der Waals surface area contributed by atoms with Crippen LogP contribution in [0.3, 0.4) is 0 Å². The van der Waals surface area contributed by atoms with Crippen molar-refractivity contribution in [2.45, 2.75) is 13.5 Å². The summed E-state index contributed by atoms with van der Waals surface area (Å²) in [5.74, 6) is -0.360. The Morgan fingerprint density at radius 1 is 1.17 bits per heavy atom. The van der Waals surface area contributed by atoms with Gasteiger partial charge < -0.3 is 9.64 Å². The fourth-order valence-electron chi connectivity index (χ4n) is 2.30. The highest BCUT2D eigenvalue weighted by molar-refractivity contribution is 5.91. The van der Waals surface area contributed by atoms with E-state index in [1.807, 2.05) is 19.2 Å². The van der Waals surface area contributed by atoms with Gasteiger partial charge in [-0.25, -0.2) is 4.79 Å². The molecule has 0 amide bonds. The molecule has 4 heteroatoms. The van der Waals surface area contributed by atoms with Crippen LogP contribution in [0, 0.1) is 0 Å². The summed E-state index contributed by atoms with van der Waals surface area (Å²) >= 11 is 0. The summed E-state index contributed by atoms with van der Waals surface area (Å²) in [6.45, 7) is 2.79. The number of pyridine rings is 1. The van der Waals surface area contributed by atoms with Crippen molar-refractivity contribution in [3.8, 4) is 11.1 Å². The van der Waals surface area contributed by atoms with Crippen LogP contribution in [0.5, 0.6) is 0 Å². The van der Waals surface area contributed by atoms with Crippen molar-refractivity contribution < 1.29 is 9.53 Å². The molecule has 23 heavy (non-hydrogen) atoms. The van der Waals surface area contributed by atoms with E-state index in [0.29, 0.717) is 0 Å². The summed E-state index contributed by atoms with van der Waals surface area (Å²) in [6.07, 6.45) is 5.05. The first-order valence-electron chi connectivity index (χ1n) is 7.45. The van der Waals surface area contributed by atoms with Crippen LogP contribution in [-0.4, -0.2) is 37.1 Å². The average Bonchev–Trinajstić information content (AvgIpc) is 2.55. The molecule has 0 N–H and O–H groups in total. The van der Waals surface area contributed by atoms with Gasteiger partial charge in [-0.3, -0.25) is 4.98 Å². The van der Waals surface area contributed by atoms with Crippen LogP contribution in [0.4, 0.5) is 0 Å². The Morgan fingerprint density at radius 2 is 1.87 bits per heavy atom. The molecular formula is C19H22N2O2. The van der Waals surface area contributed by atoms with Crippen molar-refractivity contribution in [1.29, 1.82) is 0 Å². The molecule has 2 rings (SSSR count). The standard InChI is InChI=1S/C19H22N2O2/c1-14(9-19(22)23-4)17-10-18(12-20-11-17)16-7-5-15(6-8-16)13-21(2)3/h5-12H,13H2,1-4H3/b14-9+. The smallest absolute Gasteiger partial charge is 0.330 e. The molecule has 1 heterocycles. The highest BCUT2D eigenvalue weighted by atomic mass is 16.5. The second-order valence-corrected chi connectivity index (χ2v) is 5.75.